The lowest BCUT2D eigenvalue weighted by Gasteiger charge is -2.31. The topological polar surface area (TPSA) is 111 Å². The molecule has 10 heteroatoms. The van der Waals surface area contributed by atoms with Crippen LogP contribution in [0, 0.1) is 5.82 Å². The number of hydrogen-bond donors (Lipinski definition) is 1. The molecule has 7 nitrogen and oxygen atoms in total. The van der Waals surface area contributed by atoms with E-state index in [1.807, 2.05) is 18.2 Å². The predicted octanol–water partition coefficient (Wildman–Crippen LogP) is 2.99. The quantitative estimate of drug-likeness (QED) is 0.697. The Balaban J connectivity index is 1.77. The molecule has 1 aliphatic rings. The fraction of sp³-hybridized carbons (Fsp3) is 0.278. The Morgan fingerprint density at radius 2 is 2.07 bits per heavy atom. The number of aromatic nitrogens is 2. The van der Waals surface area contributed by atoms with Crippen LogP contribution in [0.25, 0.3) is 21.9 Å². The van der Waals surface area contributed by atoms with Crippen molar-refractivity contribution in [3.63, 3.8) is 0 Å². The summed E-state index contributed by atoms with van der Waals surface area (Å²) in [4.78, 5) is 5.22. The molecule has 2 aromatic heterocycles. The van der Waals surface area contributed by atoms with E-state index in [2.05, 4.69) is 15.2 Å². The fourth-order valence-electron chi connectivity index (χ4n) is 3.21. The van der Waals surface area contributed by atoms with Gasteiger partial charge in [0.15, 0.2) is 9.84 Å². The molecule has 2 atom stereocenters. The predicted molar refractivity (Wildman–Crippen MR) is 105 cm³/mol. The van der Waals surface area contributed by atoms with Crippen molar-refractivity contribution < 1.29 is 17.2 Å². The molecule has 0 aliphatic carbocycles. The minimum atomic E-state index is -3.52. The number of benzene rings is 1. The van der Waals surface area contributed by atoms with E-state index in [0.717, 1.165) is 16.9 Å². The number of rotatable bonds is 3. The maximum absolute atomic E-state index is 14.8. The summed E-state index contributed by atoms with van der Waals surface area (Å²) in [6, 6.07) is 8.63. The van der Waals surface area contributed by atoms with Gasteiger partial charge in [0.05, 0.1) is 10.6 Å². The van der Waals surface area contributed by atoms with Crippen molar-refractivity contribution in [3.05, 3.63) is 47.4 Å². The molecule has 146 valence electrons. The van der Waals surface area contributed by atoms with Crippen molar-refractivity contribution in [1.82, 2.24) is 10.2 Å². The minimum absolute atomic E-state index is 0.00138. The van der Waals surface area contributed by atoms with Gasteiger partial charge in [0.25, 0.3) is 0 Å². The van der Waals surface area contributed by atoms with Crippen molar-refractivity contribution in [2.75, 3.05) is 5.75 Å². The zero-order valence-electron chi connectivity index (χ0n) is 15.1. The summed E-state index contributed by atoms with van der Waals surface area (Å²) in [5.41, 5.74) is 6.03. The molecule has 1 aliphatic heterocycles. The third kappa shape index (κ3) is 3.12. The molecule has 0 unspecified atom stereocenters. The van der Waals surface area contributed by atoms with E-state index in [9.17, 15) is 12.8 Å². The fourth-order valence-corrected chi connectivity index (χ4v) is 6.08. The Kier molecular flexibility index (Phi) is 4.35. The highest BCUT2D eigenvalue weighted by Gasteiger charge is 2.43. The van der Waals surface area contributed by atoms with Crippen LogP contribution in [0.1, 0.15) is 18.7 Å². The van der Waals surface area contributed by atoms with Gasteiger partial charge in [-0.15, -0.1) is 21.5 Å². The summed E-state index contributed by atoms with van der Waals surface area (Å²) >= 11 is 1.16. The van der Waals surface area contributed by atoms with Gasteiger partial charge in [0.2, 0.25) is 12.3 Å². The molecule has 0 saturated heterocycles. The molecule has 1 aromatic carbocycles. The third-order valence-corrected chi connectivity index (χ3v) is 8.44. The van der Waals surface area contributed by atoms with Crippen LogP contribution in [0.2, 0.25) is 0 Å². The second kappa shape index (κ2) is 6.49. The molecule has 3 aromatic rings. The van der Waals surface area contributed by atoms with E-state index >= 15 is 0 Å². The molecule has 0 bridgehead atoms. The lowest BCUT2D eigenvalue weighted by Crippen LogP contribution is -2.47. The SMILES string of the molecule is C[C@@H]1C(N)=N[C@](C)(c2sc(-c3cccc(-c4nnco4)c3)cc2F)CS1(=O)=O. The first-order valence-electron chi connectivity index (χ1n) is 8.43. The standard InChI is InChI=1S/C18H17FN4O3S2/c1-10-16(20)22-18(2,8-28(10,24)25)15-13(19)7-14(27-15)11-4-3-5-12(6-11)17-23-21-9-26-17/h3-7,9-10H,8H2,1-2H3,(H2,20,22)/t10-,18+/m1/s1. The van der Waals surface area contributed by atoms with Gasteiger partial charge in [-0.05, 0) is 37.6 Å². The monoisotopic (exact) mass is 420 g/mol. The average molecular weight is 420 g/mol. The highest BCUT2D eigenvalue weighted by atomic mass is 32.2. The minimum Gasteiger partial charge on any atom is -0.423 e. The van der Waals surface area contributed by atoms with Crippen molar-refractivity contribution in [2.24, 2.45) is 10.7 Å². The average Bonchev–Trinajstić information content (AvgIpc) is 3.29. The van der Waals surface area contributed by atoms with E-state index < -0.39 is 26.4 Å². The van der Waals surface area contributed by atoms with Crippen LogP contribution in [-0.4, -0.2) is 35.5 Å². The number of halogens is 1. The van der Waals surface area contributed by atoms with E-state index in [0.29, 0.717) is 16.3 Å². The molecule has 4 rings (SSSR count). The van der Waals surface area contributed by atoms with Crippen LogP contribution in [0.4, 0.5) is 4.39 Å². The maximum atomic E-state index is 14.8. The Morgan fingerprint density at radius 1 is 1.32 bits per heavy atom. The van der Waals surface area contributed by atoms with Gasteiger partial charge < -0.3 is 10.2 Å². The molecule has 0 saturated carbocycles. The Morgan fingerprint density at radius 3 is 2.75 bits per heavy atom. The Hall–Kier alpha value is -2.59. The van der Waals surface area contributed by atoms with Crippen LogP contribution in [0.3, 0.4) is 0 Å². The third-order valence-electron chi connectivity index (χ3n) is 4.74. The molecule has 28 heavy (non-hydrogen) atoms. The summed E-state index contributed by atoms with van der Waals surface area (Å²) in [6.07, 6.45) is 1.23. The number of thiophene rings is 1. The van der Waals surface area contributed by atoms with Gasteiger partial charge >= 0.3 is 0 Å². The molecule has 2 N–H and O–H groups in total. The first kappa shape index (κ1) is 18.8. The molecule has 0 spiro atoms. The first-order valence-corrected chi connectivity index (χ1v) is 11.0. The second-order valence-electron chi connectivity index (χ2n) is 6.87. The van der Waals surface area contributed by atoms with Crippen molar-refractivity contribution in [3.8, 4) is 21.9 Å². The lowest BCUT2D eigenvalue weighted by molar-refractivity contribution is 0.497. The van der Waals surface area contributed by atoms with Gasteiger partial charge in [0.1, 0.15) is 22.4 Å². The number of hydrogen-bond acceptors (Lipinski definition) is 8. The second-order valence-corrected chi connectivity index (χ2v) is 10.2. The normalized spacial score (nSPS) is 24.1. The van der Waals surface area contributed by atoms with Gasteiger partial charge in [-0.3, -0.25) is 4.99 Å². The van der Waals surface area contributed by atoms with Gasteiger partial charge in [0, 0.05) is 10.4 Å². The first-order chi connectivity index (χ1) is 13.2. The lowest BCUT2D eigenvalue weighted by atomic mass is 10.0. The Labute approximate surface area is 165 Å². The van der Waals surface area contributed by atoms with Crippen LogP contribution in [-0.2, 0) is 15.4 Å². The summed E-state index contributed by atoms with van der Waals surface area (Å²) < 4.78 is 44.9. The molecule has 3 heterocycles. The summed E-state index contributed by atoms with van der Waals surface area (Å²) in [7, 11) is -3.52. The highest BCUT2D eigenvalue weighted by Crippen LogP contribution is 2.42. The molecule has 0 fully saturated rings. The largest absolute Gasteiger partial charge is 0.423 e. The zero-order valence-corrected chi connectivity index (χ0v) is 16.7. The number of amidine groups is 1. The molecule has 0 amide bonds. The van der Waals surface area contributed by atoms with E-state index in [1.165, 1.54) is 19.4 Å². The summed E-state index contributed by atoms with van der Waals surface area (Å²) in [5.74, 6) is -0.440. The van der Waals surface area contributed by atoms with Crippen LogP contribution in [0.15, 0.2) is 46.1 Å². The number of nitrogens with two attached hydrogens (primary N) is 1. The van der Waals surface area contributed by atoms with Gasteiger partial charge in [-0.25, -0.2) is 12.8 Å². The number of aliphatic imine (C=N–C) groups is 1. The zero-order chi connectivity index (χ0) is 20.1. The molecule has 0 radical (unpaired) electrons. The van der Waals surface area contributed by atoms with Crippen LogP contribution in [0.5, 0.6) is 0 Å². The highest BCUT2D eigenvalue weighted by molar-refractivity contribution is 7.92. The maximum Gasteiger partial charge on any atom is 0.247 e. The van der Waals surface area contributed by atoms with Gasteiger partial charge in [-0.1, -0.05) is 12.1 Å². The van der Waals surface area contributed by atoms with E-state index in [4.69, 9.17) is 10.2 Å². The summed E-state index contributed by atoms with van der Waals surface area (Å²) in [5, 5.41) is 6.67. The van der Waals surface area contributed by atoms with E-state index in [1.54, 1.807) is 13.0 Å². The molecular formula is C18H17FN4O3S2. The number of sulfone groups is 1. The van der Waals surface area contributed by atoms with Crippen LogP contribution >= 0.6 is 11.3 Å². The summed E-state index contributed by atoms with van der Waals surface area (Å²) in [6.45, 7) is 3.09. The molecular weight excluding hydrogens is 403 g/mol. The van der Waals surface area contributed by atoms with Crippen molar-refractivity contribution in [1.29, 1.82) is 0 Å². The van der Waals surface area contributed by atoms with E-state index in [-0.39, 0.29) is 16.5 Å². The Bertz CT molecular complexity index is 1170. The van der Waals surface area contributed by atoms with Gasteiger partial charge in [-0.2, -0.15) is 0 Å². The van der Waals surface area contributed by atoms with Crippen molar-refractivity contribution in [2.45, 2.75) is 24.6 Å². The number of nitrogens with zero attached hydrogens (tertiary/aromatic N) is 3. The smallest absolute Gasteiger partial charge is 0.247 e. The van der Waals surface area contributed by atoms with Crippen molar-refractivity contribution >= 4 is 27.0 Å². The van der Waals surface area contributed by atoms with Crippen LogP contribution < -0.4 is 5.73 Å².